The van der Waals surface area contributed by atoms with Gasteiger partial charge in [-0.1, -0.05) is 0 Å². The maximum Gasteiger partial charge on any atom is 0.227 e. The summed E-state index contributed by atoms with van der Waals surface area (Å²) in [5, 5.41) is 13.4. The van der Waals surface area contributed by atoms with Crippen molar-refractivity contribution in [2.45, 2.75) is 67.1 Å². The minimum atomic E-state index is -1.08. The number of nitrogens with one attached hydrogen (secondary N) is 3. The molecule has 35 heavy (non-hydrogen) atoms. The van der Waals surface area contributed by atoms with Crippen molar-refractivity contribution in [1.29, 1.82) is 0 Å². The van der Waals surface area contributed by atoms with Crippen LogP contribution in [0.1, 0.15) is 55.8 Å². The highest BCUT2D eigenvalue weighted by Crippen LogP contribution is 2.58. The van der Waals surface area contributed by atoms with Crippen LogP contribution < -0.4 is 10.6 Å². The number of halogens is 2. The SMILES string of the molecule is Cc1cc(Nc2cc(C3CC(F)(C4CC4)C3)nc(Sc3ccc(NC(=O)C4CC4)cc3F)n2)n[nH]1. The summed E-state index contributed by atoms with van der Waals surface area (Å²) < 4.78 is 29.9. The molecule has 1 amide bonds. The van der Waals surface area contributed by atoms with E-state index in [0.29, 0.717) is 40.2 Å². The summed E-state index contributed by atoms with van der Waals surface area (Å²) in [6.07, 6.45) is 4.63. The number of H-pyrrole nitrogens is 1. The van der Waals surface area contributed by atoms with E-state index in [1.165, 1.54) is 6.07 Å². The summed E-state index contributed by atoms with van der Waals surface area (Å²) in [6.45, 7) is 1.90. The van der Waals surface area contributed by atoms with Crippen LogP contribution in [0.25, 0.3) is 0 Å². The van der Waals surface area contributed by atoms with Crippen molar-refractivity contribution in [2.75, 3.05) is 10.6 Å². The lowest BCUT2D eigenvalue weighted by Gasteiger charge is -2.41. The fourth-order valence-electron chi connectivity index (χ4n) is 4.63. The molecule has 182 valence electrons. The topological polar surface area (TPSA) is 95.6 Å². The number of anilines is 3. The smallest absolute Gasteiger partial charge is 0.227 e. The van der Waals surface area contributed by atoms with E-state index in [1.807, 2.05) is 19.1 Å². The highest BCUT2D eigenvalue weighted by molar-refractivity contribution is 7.99. The molecule has 0 spiro atoms. The van der Waals surface area contributed by atoms with Crippen LogP contribution in [-0.2, 0) is 4.79 Å². The molecule has 1 aromatic carbocycles. The molecule has 7 nitrogen and oxygen atoms in total. The van der Waals surface area contributed by atoms with E-state index in [4.69, 9.17) is 0 Å². The van der Waals surface area contributed by atoms with E-state index in [0.717, 1.165) is 48.8 Å². The van der Waals surface area contributed by atoms with Crippen LogP contribution in [0.3, 0.4) is 0 Å². The molecule has 3 saturated carbocycles. The largest absolute Gasteiger partial charge is 0.326 e. The predicted octanol–water partition coefficient (Wildman–Crippen LogP) is 5.89. The van der Waals surface area contributed by atoms with Crippen LogP contribution in [0.5, 0.6) is 0 Å². The third-order valence-electron chi connectivity index (χ3n) is 6.94. The van der Waals surface area contributed by atoms with Gasteiger partial charge in [-0.25, -0.2) is 18.7 Å². The summed E-state index contributed by atoms with van der Waals surface area (Å²) in [5.41, 5.74) is 1.00. The quantitative estimate of drug-likeness (QED) is 0.337. The van der Waals surface area contributed by atoms with Crippen molar-refractivity contribution in [3.63, 3.8) is 0 Å². The second kappa shape index (κ2) is 8.58. The van der Waals surface area contributed by atoms with E-state index in [2.05, 4.69) is 30.8 Å². The summed E-state index contributed by atoms with van der Waals surface area (Å²) in [5.74, 6) is 0.844. The van der Waals surface area contributed by atoms with Gasteiger partial charge in [0, 0.05) is 35.3 Å². The maximum absolute atomic E-state index is 15.0. The van der Waals surface area contributed by atoms with Gasteiger partial charge in [-0.3, -0.25) is 9.89 Å². The highest BCUT2D eigenvalue weighted by Gasteiger charge is 2.55. The van der Waals surface area contributed by atoms with Crippen molar-refractivity contribution in [1.82, 2.24) is 20.2 Å². The normalized spacial score (nSPS) is 23.6. The molecule has 0 bridgehead atoms. The van der Waals surface area contributed by atoms with Crippen LogP contribution in [-0.4, -0.2) is 31.7 Å². The zero-order valence-electron chi connectivity index (χ0n) is 19.3. The van der Waals surface area contributed by atoms with E-state index in [9.17, 15) is 9.18 Å². The first kappa shape index (κ1) is 22.5. The number of carbonyl (C=O) groups is 1. The average molecular weight is 497 g/mol. The number of nitrogens with zero attached hydrogens (tertiary/aromatic N) is 3. The number of rotatable bonds is 8. The fourth-order valence-corrected chi connectivity index (χ4v) is 5.41. The number of hydrogen-bond acceptors (Lipinski definition) is 6. The Morgan fingerprint density at radius 1 is 1.11 bits per heavy atom. The van der Waals surface area contributed by atoms with Crippen LogP contribution >= 0.6 is 11.8 Å². The van der Waals surface area contributed by atoms with E-state index < -0.39 is 11.5 Å². The molecule has 3 aliphatic rings. The zero-order valence-corrected chi connectivity index (χ0v) is 20.1. The zero-order chi connectivity index (χ0) is 24.2. The van der Waals surface area contributed by atoms with Crippen molar-refractivity contribution in [3.05, 3.63) is 47.5 Å². The molecular weight excluding hydrogens is 470 g/mol. The van der Waals surface area contributed by atoms with Gasteiger partial charge in [-0.2, -0.15) is 5.10 Å². The van der Waals surface area contributed by atoms with Gasteiger partial charge >= 0.3 is 0 Å². The van der Waals surface area contributed by atoms with E-state index in [-0.39, 0.29) is 23.7 Å². The number of amides is 1. The Bertz CT molecular complexity index is 1280. The fraction of sp³-hybridized carbons (Fsp3) is 0.440. The molecular formula is C25H26F2N6OS. The first-order valence-electron chi connectivity index (χ1n) is 12.0. The third kappa shape index (κ3) is 4.89. The van der Waals surface area contributed by atoms with E-state index >= 15 is 4.39 Å². The van der Waals surface area contributed by atoms with Crippen LogP contribution in [0.15, 0.2) is 40.4 Å². The molecule has 3 aliphatic carbocycles. The number of carbonyl (C=O) groups excluding carboxylic acids is 1. The number of alkyl halides is 1. The number of hydrogen-bond donors (Lipinski definition) is 3. The standard InChI is InChI=1S/C25H26F2N6OS/c1-13-8-22(33-32-13)30-21-10-19(15-11-25(27,12-15)16-4-5-16)29-24(31-21)35-20-7-6-17(9-18(20)26)28-23(34)14-2-3-14/h6-10,14-16H,2-5,11-12H2,1H3,(H,28,34)(H2,29,30,31,32,33). The molecule has 0 saturated heterocycles. The summed E-state index contributed by atoms with van der Waals surface area (Å²) in [4.78, 5) is 21.5. The highest BCUT2D eigenvalue weighted by atomic mass is 32.2. The lowest BCUT2D eigenvalue weighted by atomic mass is 9.68. The molecule has 0 unspecified atom stereocenters. The van der Waals surface area contributed by atoms with Crippen molar-refractivity contribution >= 4 is 35.0 Å². The van der Waals surface area contributed by atoms with Crippen molar-refractivity contribution in [3.8, 4) is 0 Å². The third-order valence-corrected chi connectivity index (χ3v) is 7.85. The Labute approximate surface area is 205 Å². The molecule has 0 aliphatic heterocycles. The molecule has 2 aromatic heterocycles. The van der Waals surface area contributed by atoms with Gasteiger partial charge in [0.25, 0.3) is 0 Å². The average Bonchev–Trinajstić information content (AvgIpc) is 3.71. The Morgan fingerprint density at radius 3 is 2.57 bits per heavy atom. The molecule has 2 heterocycles. The van der Waals surface area contributed by atoms with Crippen LogP contribution in [0.4, 0.5) is 26.1 Å². The van der Waals surface area contributed by atoms with Gasteiger partial charge in [-0.15, -0.1) is 0 Å². The van der Waals surface area contributed by atoms with E-state index in [1.54, 1.807) is 12.1 Å². The predicted molar refractivity (Wildman–Crippen MR) is 129 cm³/mol. The Kier molecular flexibility index (Phi) is 5.51. The number of aryl methyl sites for hydroxylation is 1. The minimum Gasteiger partial charge on any atom is -0.326 e. The molecule has 0 atom stereocenters. The van der Waals surface area contributed by atoms with Gasteiger partial charge in [0.15, 0.2) is 11.0 Å². The van der Waals surface area contributed by atoms with Crippen LogP contribution in [0, 0.1) is 24.6 Å². The van der Waals surface area contributed by atoms with Gasteiger partial charge in [0.2, 0.25) is 5.91 Å². The second-order valence-electron chi connectivity index (χ2n) is 9.95. The maximum atomic E-state index is 15.0. The monoisotopic (exact) mass is 496 g/mol. The number of aromatic nitrogens is 4. The second-order valence-corrected chi connectivity index (χ2v) is 11.0. The molecule has 3 aromatic rings. The molecule has 6 rings (SSSR count). The molecule has 3 fully saturated rings. The summed E-state index contributed by atoms with van der Waals surface area (Å²) >= 11 is 1.10. The van der Waals surface area contributed by atoms with Gasteiger partial charge in [0.05, 0.1) is 10.6 Å². The van der Waals surface area contributed by atoms with Gasteiger partial charge < -0.3 is 10.6 Å². The Balaban J connectivity index is 1.23. The first-order valence-corrected chi connectivity index (χ1v) is 12.8. The van der Waals surface area contributed by atoms with Crippen molar-refractivity contribution < 1.29 is 13.6 Å². The lowest BCUT2D eigenvalue weighted by Crippen LogP contribution is -2.40. The lowest BCUT2D eigenvalue weighted by molar-refractivity contribution is -0.117. The minimum absolute atomic E-state index is 0.00859. The Hall–Kier alpha value is -3.01. The number of aromatic amines is 1. The molecule has 0 radical (unpaired) electrons. The van der Waals surface area contributed by atoms with Crippen LogP contribution in [0.2, 0.25) is 0 Å². The van der Waals surface area contributed by atoms with Gasteiger partial charge in [0.1, 0.15) is 17.3 Å². The summed E-state index contributed by atoms with van der Waals surface area (Å²) in [7, 11) is 0. The Morgan fingerprint density at radius 2 is 1.91 bits per heavy atom. The first-order chi connectivity index (χ1) is 16.8. The molecule has 3 N–H and O–H groups in total. The summed E-state index contributed by atoms with van der Waals surface area (Å²) in [6, 6.07) is 8.30. The molecule has 10 heteroatoms. The number of benzene rings is 1. The van der Waals surface area contributed by atoms with Gasteiger partial charge in [-0.05, 0) is 81.3 Å². The van der Waals surface area contributed by atoms with Crippen molar-refractivity contribution in [2.24, 2.45) is 11.8 Å².